The van der Waals surface area contributed by atoms with Crippen molar-refractivity contribution in [3.05, 3.63) is 45.6 Å². The van der Waals surface area contributed by atoms with Crippen LogP contribution in [0.2, 0.25) is 0 Å². The van der Waals surface area contributed by atoms with Gasteiger partial charge in [0.1, 0.15) is 6.61 Å². The highest BCUT2D eigenvalue weighted by Gasteiger charge is 2.75. The SMILES string of the molecule is C[C@@]1(CC(F)(C(F)(F)F)C(F)(F)F)C(=O)N(OCc2ccccc2)C/C1=C/I. The first kappa shape index (κ1) is 22.9. The fourth-order valence-electron chi connectivity index (χ4n) is 2.84. The van der Waals surface area contributed by atoms with Crippen LogP contribution in [-0.4, -0.2) is 35.5 Å². The lowest BCUT2D eigenvalue weighted by atomic mass is 9.75. The molecule has 156 valence electrons. The van der Waals surface area contributed by atoms with Crippen LogP contribution in [0.3, 0.4) is 0 Å². The van der Waals surface area contributed by atoms with Gasteiger partial charge in [-0.2, -0.15) is 26.3 Å². The molecule has 28 heavy (non-hydrogen) atoms. The second kappa shape index (κ2) is 7.81. The Morgan fingerprint density at radius 2 is 1.64 bits per heavy atom. The molecule has 1 aromatic rings. The lowest BCUT2D eigenvalue weighted by molar-refractivity contribution is -0.347. The van der Waals surface area contributed by atoms with Crippen molar-refractivity contribution in [2.45, 2.75) is 38.0 Å². The Morgan fingerprint density at radius 3 is 2.11 bits per heavy atom. The van der Waals surface area contributed by atoms with Crippen LogP contribution in [0.4, 0.5) is 30.7 Å². The Morgan fingerprint density at radius 1 is 1.11 bits per heavy atom. The van der Waals surface area contributed by atoms with E-state index in [0.717, 1.165) is 6.92 Å². The zero-order valence-electron chi connectivity index (χ0n) is 14.4. The summed E-state index contributed by atoms with van der Waals surface area (Å²) in [6.45, 7) is 0.366. The van der Waals surface area contributed by atoms with Crippen molar-refractivity contribution in [1.29, 1.82) is 0 Å². The molecular formula is C17H15F7INO2. The third-order valence-electron chi connectivity index (χ3n) is 4.58. The molecule has 0 N–H and O–H groups in total. The van der Waals surface area contributed by atoms with E-state index in [0.29, 0.717) is 10.6 Å². The van der Waals surface area contributed by atoms with Crippen molar-refractivity contribution in [2.24, 2.45) is 5.41 Å². The van der Waals surface area contributed by atoms with Crippen molar-refractivity contribution < 1.29 is 40.4 Å². The molecule has 1 saturated heterocycles. The minimum Gasteiger partial charge on any atom is -0.272 e. The molecule has 1 aliphatic rings. The van der Waals surface area contributed by atoms with Crippen LogP contribution < -0.4 is 0 Å². The number of carbonyl (C=O) groups excluding carboxylic acids is 1. The van der Waals surface area contributed by atoms with Crippen molar-refractivity contribution in [1.82, 2.24) is 5.06 Å². The Kier molecular flexibility index (Phi) is 6.39. The highest BCUT2D eigenvalue weighted by Crippen LogP contribution is 2.55. The van der Waals surface area contributed by atoms with Crippen LogP contribution in [0.25, 0.3) is 0 Å². The quantitative estimate of drug-likeness (QED) is 0.375. The molecule has 1 amide bonds. The Hall–Kier alpha value is -1.37. The third kappa shape index (κ3) is 4.14. The van der Waals surface area contributed by atoms with Crippen LogP contribution in [0.15, 0.2) is 40.0 Å². The van der Waals surface area contributed by atoms with E-state index in [4.69, 9.17) is 4.84 Å². The van der Waals surface area contributed by atoms with Gasteiger partial charge < -0.3 is 0 Å². The van der Waals surface area contributed by atoms with E-state index in [9.17, 15) is 35.5 Å². The Bertz CT molecular complexity index is 734. The molecule has 1 aromatic carbocycles. The largest absolute Gasteiger partial charge is 0.431 e. The summed E-state index contributed by atoms with van der Waals surface area (Å²) in [5.74, 6) is -1.16. The molecule has 11 heteroatoms. The lowest BCUT2D eigenvalue weighted by Gasteiger charge is -2.35. The number of rotatable bonds is 5. The van der Waals surface area contributed by atoms with Gasteiger partial charge in [-0.1, -0.05) is 52.9 Å². The molecule has 3 nitrogen and oxygen atoms in total. The van der Waals surface area contributed by atoms with Crippen LogP contribution in [-0.2, 0) is 16.2 Å². The molecule has 1 atom stereocenters. The maximum absolute atomic E-state index is 14.3. The number of alkyl halides is 7. The third-order valence-corrected chi connectivity index (χ3v) is 5.33. The van der Waals surface area contributed by atoms with E-state index in [-0.39, 0.29) is 18.7 Å². The van der Waals surface area contributed by atoms with Crippen molar-refractivity contribution in [3.63, 3.8) is 0 Å². The number of halogens is 8. The number of benzene rings is 1. The number of carbonyl (C=O) groups is 1. The van der Waals surface area contributed by atoms with Gasteiger partial charge in [-0.15, -0.1) is 0 Å². The summed E-state index contributed by atoms with van der Waals surface area (Å²) in [7, 11) is 0. The first-order valence-electron chi connectivity index (χ1n) is 7.87. The molecule has 1 heterocycles. The first-order chi connectivity index (χ1) is 12.8. The maximum Gasteiger partial charge on any atom is 0.431 e. The summed E-state index contributed by atoms with van der Waals surface area (Å²) in [5.41, 5.74) is -7.36. The van der Waals surface area contributed by atoms with Crippen LogP contribution in [0.1, 0.15) is 18.9 Å². The van der Waals surface area contributed by atoms with E-state index in [1.54, 1.807) is 52.9 Å². The van der Waals surface area contributed by atoms with Gasteiger partial charge in [0.15, 0.2) is 0 Å². The molecule has 1 aliphatic heterocycles. The molecular weight excluding hydrogens is 510 g/mol. The van der Waals surface area contributed by atoms with Gasteiger partial charge in [-0.3, -0.25) is 9.63 Å². The maximum atomic E-state index is 14.3. The summed E-state index contributed by atoms with van der Waals surface area (Å²) in [6, 6.07) is 8.43. The number of hydroxylamine groups is 2. The van der Waals surface area contributed by atoms with Gasteiger partial charge in [0, 0.05) is 6.42 Å². The second-order valence-corrected chi connectivity index (χ2v) is 7.16. The van der Waals surface area contributed by atoms with Crippen molar-refractivity contribution >= 4 is 28.5 Å². The smallest absolute Gasteiger partial charge is 0.272 e. The number of hydrogen-bond donors (Lipinski definition) is 0. The van der Waals surface area contributed by atoms with Gasteiger partial charge in [-0.25, -0.2) is 9.45 Å². The highest BCUT2D eigenvalue weighted by atomic mass is 127. The van der Waals surface area contributed by atoms with E-state index in [1.807, 2.05) is 0 Å². The second-order valence-electron chi connectivity index (χ2n) is 6.54. The van der Waals surface area contributed by atoms with E-state index in [1.165, 1.54) is 4.08 Å². The summed E-state index contributed by atoms with van der Waals surface area (Å²) < 4.78 is 93.3. The van der Waals surface area contributed by atoms with E-state index in [2.05, 4.69) is 0 Å². The average Bonchev–Trinajstić information content (AvgIpc) is 2.82. The summed E-state index contributed by atoms with van der Waals surface area (Å²) >= 11 is 1.59. The zero-order chi connectivity index (χ0) is 21.4. The molecule has 0 unspecified atom stereocenters. The van der Waals surface area contributed by atoms with Crippen LogP contribution in [0.5, 0.6) is 0 Å². The number of hydrogen-bond acceptors (Lipinski definition) is 2. The Labute approximate surface area is 169 Å². The summed E-state index contributed by atoms with van der Waals surface area (Å²) in [5, 5.41) is 0.671. The molecule has 1 fully saturated rings. The van der Waals surface area contributed by atoms with Gasteiger partial charge in [-0.05, 0) is 22.1 Å². The average molecular weight is 525 g/mol. The molecule has 0 aliphatic carbocycles. The molecule has 0 radical (unpaired) electrons. The minimum atomic E-state index is -6.23. The monoisotopic (exact) mass is 525 g/mol. The normalized spacial score (nSPS) is 23.0. The number of amides is 1. The molecule has 2 rings (SSSR count). The lowest BCUT2D eigenvalue weighted by Crippen LogP contribution is -2.56. The first-order valence-corrected chi connectivity index (χ1v) is 9.12. The standard InChI is InChI=1S/C17H15F7INO2/c1-14(10-15(18,16(19,20)21)17(22,23)24)12(7-25)8-26(13(14)27)28-9-11-5-3-2-4-6-11/h2-7H,8-10H2,1H3/b12-7-/t14-/m0/s1. The zero-order valence-corrected chi connectivity index (χ0v) is 16.5. The highest BCUT2D eigenvalue weighted by molar-refractivity contribution is 14.1. The molecule has 0 saturated carbocycles. The summed E-state index contributed by atoms with van der Waals surface area (Å²) in [4.78, 5) is 17.9. The van der Waals surface area contributed by atoms with Crippen LogP contribution in [0, 0.1) is 5.41 Å². The van der Waals surface area contributed by atoms with Crippen molar-refractivity contribution in [2.75, 3.05) is 6.54 Å². The predicted molar refractivity (Wildman–Crippen MR) is 93.7 cm³/mol. The van der Waals surface area contributed by atoms with Gasteiger partial charge in [0.25, 0.3) is 5.91 Å². The molecule has 0 bridgehead atoms. The summed E-state index contributed by atoms with van der Waals surface area (Å²) in [6.07, 6.45) is -14.6. The van der Waals surface area contributed by atoms with Gasteiger partial charge >= 0.3 is 18.0 Å². The Balaban J connectivity index is 2.30. The van der Waals surface area contributed by atoms with E-state index >= 15 is 0 Å². The van der Waals surface area contributed by atoms with Gasteiger partial charge in [0.05, 0.1) is 12.0 Å². The topological polar surface area (TPSA) is 29.5 Å². The minimum absolute atomic E-state index is 0.0957. The fraction of sp³-hybridized carbons (Fsp3) is 0.471. The van der Waals surface area contributed by atoms with E-state index < -0.39 is 35.8 Å². The molecule has 0 spiro atoms. The fourth-order valence-corrected chi connectivity index (χ4v) is 3.72. The van der Waals surface area contributed by atoms with Crippen molar-refractivity contribution in [3.8, 4) is 0 Å². The van der Waals surface area contributed by atoms with Crippen LogP contribution >= 0.6 is 22.6 Å². The predicted octanol–water partition coefficient (Wildman–Crippen LogP) is 5.51. The number of nitrogens with zero attached hydrogens (tertiary/aromatic N) is 1. The molecule has 0 aromatic heterocycles. The van der Waals surface area contributed by atoms with Gasteiger partial charge in [0.2, 0.25) is 0 Å².